The molecular weight excluding hydrogens is 322 g/mol. The van der Waals surface area contributed by atoms with Crippen molar-refractivity contribution in [1.82, 2.24) is 9.55 Å². The number of carbonyl (C=O) groups is 3. The zero-order valence-corrected chi connectivity index (χ0v) is 11.7. The van der Waals surface area contributed by atoms with Crippen LogP contribution in [0.1, 0.15) is 5.56 Å². The molecule has 0 radical (unpaired) electrons. The molecule has 0 aliphatic rings. The summed E-state index contributed by atoms with van der Waals surface area (Å²) in [6.07, 6.45) is 1.29. The van der Waals surface area contributed by atoms with E-state index in [9.17, 15) is 24.0 Å². The second-order valence-corrected chi connectivity index (χ2v) is 4.21. The third-order valence-corrected chi connectivity index (χ3v) is 2.20. The van der Waals surface area contributed by atoms with Crippen molar-refractivity contribution in [2.45, 2.75) is 13.5 Å². The molecule has 1 aromatic rings. The fourth-order valence-electron chi connectivity index (χ4n) is 0.870. The van der Waals surface area contributed by atoms with E-state index < -0.39 is 27.0 Å². The van der Waals surface area contributed by atoms with Crippen LogP contribution in [0.4, 0.5) is 0 Å². The summed E-state index contributed by atoms with van der Waals surface area (Å²) in [6, 6.07) is 0. The Morgan fingerprint density at radius 3 is 2.00 bits per heavy atom. The van der Waals surface area contributed by atoms with Gasteiger partial charge in [-0.05, 0) is 41.7 Å². The fraction of sp³-hybridized carbons (Fsp3) is 0.222. The van der Waals surface area contributed by atoms with Gasteiger partial charge in [-0.1, -0.05) is 0 Å². The summed E-state index contributed by atoms with van der Waals surface area (Å²) in [5.41, 5.74) is -0.731. The third kappa shape index (κ3) is 6.90. The van der Waals surface area contributed by atoms with Gasteiger partial charge in [0.15, 0.2) is 0 Å². The van der Waals surface area contributed by atoms with Crippen LogP contribution in [0.15, 0.2) is 15.8 Å². The van der Waals surface area contributed by atoms with Gasteiger partial charge in [-0.25, -0.2) is 4.79 Å². The number of aromatic nitrogens is 2. The highest BCUT2D eigenvalue weighted by Crippen LogP contribution is 1.87. The van der Waals surface area contributed by atoms with E-state index in [1.807, 2.05) is 0 Å². The van der Waals surface area contributed by atoms with Crippen LogP contribution in [0, 0.1) is 6.92 Å². The van der Waals surface area contributed by atoms with Gasteiger partial charge < -0.3 is 0 Å². The maximum atomic E-state index is 11.0. The highest BCUT2D eigenvalue weighted by molar-refractivity contribution is 6.97. The maximum absolute atomic E-state index is 11.0. The van der Waals surface area contributed by atoms with E-state index in [1.165, 1.54) is 13.1 Å². The van der Waals surface area contributed by atoms with Crippen molar-refractivity contribution < 1.29 is 14.4 Å². The molecule has 0 saturated heterocycles. The lowest BCUT2D eigenvalue weighted by molar-refractivity contribution is -0.127. The first-order valence-corrected chi connectivity index (χ1v) is 5.66. The van der Waals surface area contributed by atoms with Gasteiger partial charge in [0.25, 0.3) is 5.56 Å². The molecule has 10 heteroatoms. The van der Waals surface area contributed by atoms with Crippen LogP contribution < -0.4 is 11.2 Å². The number of aryl methyl sites for hydroxylation is 1. The van der Waals surface area contributed by atoms with E-state index in [0.29, 0.717) is 5.56 Å². The molecule has 0 aliphatic carbocycles. The molecule has 1 rings (SSSR count). The Kier molecular flexibility index (Phi) is 7.28. The molecule has 1 N–H and O–H groups in total. The minimum Gasteiger partial charge on any atom is -0.292 e. The summed E-state index contributed by atoms with van der Waals surface area (Å²) in [4.78, 5) is 53.3. The zero-order chi connectivity index (χ0) is 15.2. The van der Waals surface area contributed by atoms with E-state index >= 15 is 0 Å². The van der Waals surface area contributed by atoms with Gasteiger partial charge >= 0.3 is 16.2 Å². The number of carbonyl (C=O) groups excluding carboxylic acids is 3. The Bertz CT molecular complexity index is 607. The van der Waals surface area contributed by atoms with Gasteiger partial charge in [0, 0.05) is 11.8 Å². The quantitative estimate of drug-likeness (QED) is 0.626. The minimum atomic E-state index is -1.14. The van der Waals surface area contributed by atoms with Crippen LogP contribution in [0.3, 0.4) is 0 Å². The van der Waals surface area contributed by atoms with Gasteiger partial charge in [-0.15, -0.1) is 0 Å². The first-order chi connectivity index (χ1) is 8.65. The molecule has 0 saturated carbocycles. The first kappa shape index (κ1) is 17.6. The average Bonchev–Trinajstić information content (AvgIpc) is 2.26. The molecule has 0 spiro atoms. The SMILES string of the molecule is Cc1cn(CC(=O)Cl)c(=O)[nH]c1=O.O=C(Cl)C(=O)Cl. The van der Waals surface area contributed by atoms with E-state index in [1.54, 1.807) is 0 Å². The van der Waals surface area contributed by atoms with Gasteiger partial charge in [0.05, 0.1) is 0 Å². The van der Waals surface area contributed by atoms with Crippen molar-refractivity contribution in [3.63, 3.8) is 0 Å². The smallest absolute Gasteiger partial charge is 0.292 e. The highest BCUT2D eigenvalue weighted by atomic mass is 35.5. The van der Waals surface area contributed by atoms with Crippen LogP contribution in [-0.4, -0.2) is 25.3 Å². The molecule has 0 unspecified atom stereocenters. The molecule has 104 valence electrons. The second-order valence-electron chi connectivity index (χ2n) is 3.10. The monoisotopic (exact) mass is 328 g/mol. The number of halogens is 3. The molecule has 0 aliphatic heterocycles. The van der Waals surface area contributed by atoms with Crippen LogP contribution in [0.5, 0.6) is 0 Å². The molecule has 1 heterocycles. The van der Waals surface area contributed by atoms with Crippen LogP contribution >= 0.6 is 34.8 Å². The summed E-state index contributed by atoms with van der Waals surface area (Å²) in [5.74, 6) is 0. The van der Waals surface area contributed by atoms with Crippen molar-refractivity contribution in [2.24, 2.45) is 0 Å². The van der Waals surface area contributed by atoms with Crippen molar-refractivity contribution in [3.05, 3.63) is 32.6 Å². The molecule has 1 aromatic heterocycles. The number of aromatic amines is 1. The molecular formula is C9H7Cl3N2O5. The van der Waals surface area contributed by atoms with Gasteiger partial charge in [-0.3, -0.25) is 28.7 Å². The average molecular weight is 330 g/mol. The van der Waals surface area contributed by atoms with Gasteiger partial charge in [-0.2, -0.15) is 0 Å². The topological polar surface area (TPSA) is 106 Å². The summed E-state index contributed by atoms with van der Waals surface area (Å²) in [6.45, 7) is 1.30. The van der Waals surface area contributed by atoms with Crippen molar-refractivity contribution >= 4 is 50.5 Å². The number of nitrogens with one attached hydrogen (secondary N) is 1. The van der Waals surface area contributed by atoms with Gasteiger partial charge in [0.1, 0.15) is 6.54 Å². The second kappa shape index (κ2) is 7.88. The lowest BCUT2D eigenvalue weighted by Crippen LogP contribution is -2.31. The molecule has 0 aromatic carbocycles. The largest absolute Gasteiger partial charge is 0.328 e. The Balaban J connectivity index is 0.000000459. The number of nitrogens with zero attached hydrogens (tertiary/aromatic N) is 1. The number of H-pyrrole nitrogens is 1. The normalized spacial score (nSPS) is 9.26. The number of hydrogen-bond acceptors (Lipinski definition) is 5. The number of hydrogen-bond donors (Lipinski definition) is 1. The molecule has 7 nitrogen and oxygen atoms in total. The predicted octanol–water partition coefficient (Wildman–Crippen LogP) is 0.128. The molecule has 0 atom stereocenters. The van der Waals surface area contributed by atoms with Crippen LogP contribution in [0.25, 0.3) is 0 Å². The summed E-state index contributed by atoms with van der Waals surface area (Å²) < 4.78 is 1.05. The molecule has 19 heavy (non-hydrogen) atoms. The Morgan fingerprint density at radius 2 is 1.63 bits per heavy atom. The first-order valence-electron chi connectivity index (χ1n) is 4.53. The van der Waals surface area contributed by atoms with Crippen molar-refractivity contribution in [3.8, 4) is 0 Å². The standard InChI is InChI=1S/C7H7ClN2O3.C2Cl2O2/c1-4-2-10(3-5(8)11)7(13)9-6(4)12;3-1(5)2(4)6/h2H,3H2,1H3,(H,9,12,13);. The molecule has 0 fully saturated rings. The predicted molar refractivity (Wildman–Crippen MR) is 68.6 cm³/mol. The Hall–Kier alpha value is -1.44. The Labute approximate surface area is 121 Å². The molecule has 0 bridgehead atoms. The number of rotatable bonds is 3. The van der Waals surface area contributed by atoms with E-state index in [-0.39, 0.29) is 6.54 Å². The summed E-state index contributed by atoms with van der Waals surface area (Å²) in [5, 5.41) is -2.94. The van der Waals surface area contributed by atoms with E-state index in [0.717, 1.165) is 4.57 Å². The summed E-state index contributed by atoms with van der Waals surface area (Å²) >= 11 is 14.1. The maximum Gasteiger partial charge on any atom is 0.328 e. The van der Waals surface area contributed by atoms with Crippen LogP contribution in [0.2, 0.25) is 0 Å². The highest BCUT2D eigenvalue weighted by Gasteiger charge is 2.03. The summed E-state index contributed by atoms with van der Waals surface area (Å²) in [7, 11) is 0. The zero-order valence-electron chi connectivity index (χ0n) is 9.41. The minimum absolute atomic E-state index is 0.238. The molecule has 0 amide bonds. The van der Waals surface area contributed by atoms with Gasteiger partial charge in [0.2, 0.25) is 5.24 Å². The van der Waals surface area contributed by atoms with Crippen molar-refractivity contribution in [2.75, 3.05) is 0 Å². The van der Waals surface area contributed by atoms with Crippen LogP contribution in [-0.2, 0) is 20.9 Å². The van der Waals surface area contributed by atoms with E-state index in [4.69, 9.17) is 11.6 Å². The third-order valence-electron chi connectivity index (χ3n) is 1.64. The fourth-order valence-corrected chi connectivity index (χ4v) is 0.999. The van der Waals surface area contributed by atoms with Crippen molar-refractivity contribution in [1.29, 1.82) is 0 Å². The van der Waals surface area contributed by atoms with E-state index in [2.05, 4.69) is 28.2 Å². The lowest BCUT2D eigenvalue weighted by atomic mass is 10.4. The lowest BCUT2D eigenvalue weighted by Gasteiger charge is -2.00. The Morgan fingerprint density at radius 1 is 1.16 bits per heavy atom.